The number of aromatic nitrogens is 1. The topological polar surface area (TPSA) is 91.7 Å². The van der Waals surface area contributed by atoms with Gasteiger partial charge in [0.2, 0.25) is 11.7 Å². The first-order chi connectivity index (χ1) is 18.5. The van der Waals surface area contributed by atoms with Gasteiger partial charge in [-0.3, -0.25) is 14.4 Å². The van der Waals surface area contributed by atoms with E-state index in [1.54, 1.807) is 6.07 Å². The Hall–Kier alpha value is -3.29. The number of Topliss-reactive ketones (excluding diaryl/α,β-unsaturated/α-hetero) is 1. The molecule has 0 bridgehead atoms. The summed E-state index contributed by atoms with van der Waals surface area (Å²) in [5, 5.41) is 9.62. The molecule has 3 N–H and O–H groups in total. The monoisotopic (exact) mass is 514 g/mol. The van der Waals surface area contributed by atoms with Crippen molar-refractivity contribution in [3.8, 4) is 0 Å². The van der Waals surface area contributed by atoms with E-state index in [1.807, 2.05) is 41.8 Å². The first-order valence-corrected chi connectivity index (χ1v) is 14.1. The summed E-state index contributed by atoms with van der Waals surface area (Å²) in [5.41, 5.74) is 4.91. The van der Waals surface area contributed by atoms with Crippen LogP contribution in [0.25, 0.3) is 5.52 Å². The summed E-state index contributed by atoms with van der Waals surface area (Å²) in [5.74, 6) is -0.116. The predicted octanol–water partition coefficient (Wildman–Crippen LogP) is 3.86. The Kier molecular flexibility index (Phi) is 8.35. The normalized spacial score (nSPS) is 18.4. The number of carbonyl (C=O) groups excluding carboxylic acids is 3. The van der Waals surface area contributed by atoms with Gasteiger partial charge in [0.25, 0.3) is 0 Å². The lowest BCUT2D eigenvalue weighted by molar-refractivity contribution is -0.120. The molecule has 7 nitrogen and oxygen atoms in total. The lowest BCUT2D eigenvalue weighted by Crippen LogP contribution is -2.42. The van der Waals surface area contributed by atoms with E-state index in [2.05, 4.69) is 28.1 Å². The molecule has 1 unspecified atom stereocenters. The Bertz CT molecular complexity index is 1300. The van der Waals surface area contributed by atoms with Crippen molar-refractivity contribution in [1.82, 2.24) is 20.4 Å². The number of nitrogens with zero attached hydrogens (tertiary/aromatic N) is 1. The second-order valence-corrected chi connectivity index (χ2v) is 10.6. The standard InChI is InChI=1S/C31H38N4O3/c1-2-22-18-26-19-24(30(37)27-20-34-28(36)13-16-33-27)14-17-35(26)29(22)31(38)23-11-9-21(10-12-23)6-5-15-32-25-7-3-4-8-25/h9-12,14,17-19,25,27,32-33H,2-8,13,15-16,20H2,1H3,(H,34,36). The van der Waals surface area contributed by atoms with Gasteiger partial charge in [-0.1, -0.05) is 44.0 Å². The van der Waals surface area contributed by atoms with Crippen LogP contribution in [0.5, 0.6) is 0 Å². The van der Waals surface area contributed by atoms with Crippen LogP contribution in [0.2, 0.25) is 0 Å². The molecule has 1 aromatic carbocycles. The average Bonchev–Trinajstić information content (AvgIpc) is 3.54. The van der Waals surface area contributed by atoms with Gasteiger partial charge in [0, 0.05) is 48.4 Å². The first kappa shape index (κ1) is 26.3. The molecule has 2 aliphatic rings. The van der Waals surface area contributed by atoms with Crippen LogP contribution in [0.3, 0.4) is 0 Å². The number of benzene rings is 1. The Labute approximate surface area is 224 Å². The van der Waals surface area contributed by atoms with Crippen molar-refractivity contribution >= 4 is 23.0 Å². The van der Waals surface area contributed by atoms with Crippen molar-refractivity contribution in [2.24, 2.45) is 0 Å². The summed E-state index contributed by atoms with van der Waals surface area (Å²) in [7, 11) is 0. The molecule has 1 saturated heterocycles. The highest BCUT2D eigenvalue weighted by atomic mass is 16.2. The second kappa shape index (κ2) is 12.0. The summed E-state index contributed by atoms with van der Waals surface area (Å²) in [4.78, 5) is 38.4. The number of hydrogen-bond acceptors (Lipinski definition) is 5. The van der Waals surface area contributed by atoms with Gasteiger partial charge in [0.15, 0.2) is 5.78 Å². The number of pyridine rings is 1. The Balaban J connectivity index is 1.28. The van der Waals surface area contributed by atoms with Gasteiger partial charge in [-0.15, -0.1) is 0 Å². The molecule has 200 valence electrons. The van der Waals surface area contributed by atoms with E-state index in [0.717, 1.165) is 30.5 Å². The summed E-state index contributed by atoms with van der Waals surface area (Å²) in [6.45, 7) is 3.83. The van der Waals surface area contributed by atoms with E-state index in [-0.39, 0.29) is 24.0 Å². The van der Waals surface area contributed by atoms with Crippen molar-refractivity contribution in [2.45, 2.75) is 70.4 Å². The number of rotatable bonds is 10. The van der Waals surface area contributed by atoms with E-state index < -0.39 is 6.04 Å². The van der Waals surface area contributed by atoms with Crippen LogP contribution in [0.4, 0.5) is 0 Å². The first-order valence-electron chi connectivity index (χ1n) is 14.1. The molecular formula is C31H38N4O3. The third kappa shape index (κ3) is 5.89. The number of nitrogens with one attached hydrogen (secondary N) is 3. The molecule has 3 heterocycles. The fraction of sp³-hybridized carbons (Fsp3) is 0.452. The number of ketones is 2. The van der Waals surface area contributed by atoms with Gasteiger partial charge < -0.3 is 20.4 Å². The van der Waals surface area contributed by atoms with E-state index in [9.17, 15) is 14.4 Å². The number of carbonyl (C=O) groups is 3. The van der Waals surface area contributed by atoms with Crippen molar-refractivity contribution in [1.29, 1.82) is 0 Å². The van der Waals surface area contributed by atoms with Crippen LogP contribution in [0.1, 0.15) is 83.0 Å². The second-order valence-electron chi connectivity index (χ2n) is 10.6. The maximum atomic E-state index is 13.6. The van der Waals surface area contributed by atoms with Crippen molar-refractivity contribution in [3.63, 3.8) is 0 Å². The van der Waals surface area contributed by atoms with Crippen LogP contribution in [0, 0.1) is 0 Å². The molecule has 2 fully saturated rings. The van der Waals surface area contributed by atoms with Crippen LogP contribution in [-0.2, 0) is 17.6 Å². The highest BCUT2D eigenvalue weighted by molar-refractivity contribution is 6.10. The zero-order chi connectivity index (χ0) is 26.5. The van der Waals surface area contributed by atoms with E-state index in [0.29, 0.717) is 42.2 Å². The minimum Gasteiger partial charge on any atom is -0.354 e. The van der Waals surface area contributed by atoms with Crippen molar-refractivity contribution < 1.29 is 14.4 Å². The van der Waals surface area contributed by atoms with Gasteiger partial charge in [0.1, 0.15) is 0 Å². The highest BCUT2D eigenvalue weighted by Gasteiger charge is 2.25. The molecule has 0 spiro atoms. The lowest BCUT2D eigenvalue weighted by atomic mass is 10.0. The van der Waals surface area contributed by atoms with Crippen LogP contribution < -0.4 is 16.0 Å². The summed E-state index contributed by atoms with van der Waals surface area (Å²) in [6.07, 6.45) is 10.3. The fourth-order valence-corrected chi connectivity index (χ4v) is 5.72. The summed E-state index contributed by atoms with van der Waals surface area (Å²) < 4.78 is 1.89. The van der Waals surface area contributed by atoms with E-state index in [1.165, 1.54) is 31.2 Å². The Morgan fingerprint density at radius 2 is 1.84 bits per heavy atom. The van der Waals surface area contributed by atoms with Gasteiger partial charge in [-0.25, -0.2) is 0 Å². The zero-order valence-electron chi connectivity index (χ0n) is 22.2. The van der Waals surface area contributed by atoms with Crippen molar-refractivity contribution in [3.05, 3.63) is 76.6 Å². The maximum absolute atomic E-state index is 13.6. The average molecular weight is 515 g/mol. The molecule has 5 rings (SSSR count). The molecule has 1 saturated carbocycles. The fourth-order valence-electron chi connectivity index (χ4n) is 5.72. The number of fused-ring (bicyclic) bond motifs is 1. The number of aryl methyl sites for hydroxylation is 2. The molecule has 1 amide bonds. The van der Waals surface area contributed by atoms with Crippen molar-refractivity contribution in [2.75, 3.05) is 19.6 Å². The van der Waals surface area contributed by atoms with Gasteiger partial charge in [-0.2, -0.15) is 0 Å². The largest absolute Gasteiger partial charge is 0.354 e. The van der Waals surface area contributed by atoms with Gasteiger partial charge in [-0.05, 0) is 68.0 Å². The van der Waals surface area contributed by atoms with Gasteiger partial charge in [0.05, 0.1) is 11.7 Å². The number of amides is 1. The lowest BCUT2D eigenvalue weighted by Gasteiger charge is -2.14. The Morgan fingerprint density at radius 3 is 2.61 bits per heavy atom. The minimum absolute atomic E-state index is 0.0106. The Morgan fingerprint density at radius 1 is 1.05 bits per heavy atom. The molecule has 0 radical (unpaired) electrons. The molecule has 7 heteroatoms. The summed E-state index contributed by atoms with van der Waals surface area (Å²) in [6, 6.07) is 13.9. The third-order valence-electron chi connectivity index (χ3n) is 7.94. The van der Waals surface area contributed by atoms with Crippen LogP contribution >= 0.6 is 0 Å². The smallest absolute Gasteiger partial charge is 0.221 e. The molecule has 1 aliphatic heterocycles. The summed E-state index contributed by atoms with van der Waals surface area (Å²) >= 11 is 0. The number of hydrogen-bond donors (Lipinski definition) is 3. The molecule has 1 atom stereocenters. The van der Waals surface area contributed by atoms with Gasteiger partial charge >= 0.3 is 0 Å². The quantitative estimate of drug-likeness (QED) is 0.282. The van der Waals surface area contributed by atoms with Crippen LogP contribution in [0.15, 0.2) is 48.7 Å². The zero-order valence-corrected chi connectivity index (χ0v) is 22.2. The van der Waals surface area contributed by atoms with E-state index >= 15 is 0 Å². The SMILES string of the molecule is CCc1cc2cc(C(=O)C3CNC(=O)CCN3)ccn2c1C(=O)c1ccc(CCCNC2CCCC2)cc1. The predicted molar refractivity (Wildman–Crippen MR) is 149 cm³/mol. The third-order valence-corrected chi connectivity index (χ3v) is 7.94. The molecule has 38 heavy (non-hydrogen) atoms. The maximum Gasteiger partial charge on any atom is 0.221 e. The molecule has 3 aromatic rings. The van der Waals surface area contributed by atoms with E-state index in [4.69, 9.17) is 0 Å². The highest BCUT2D eigenvalue weighted by Crippen LogP contribution is 2.23. The van der Waals surface area contributed by atoms with Crippen LogP contribution in [-0.4, -0.2) is 53.6 Å². The molecule has 1 aliphatic carbocycles. The molecular weight excluding hydrogens is 476 g/mol. The minimum atomic E-state index is -0.456. The molecule has 2 aromatic heterocycles.